The molecule has 2 aliphatic heterocycles. The second-order valence-corrected chi connectivity index (χ2v) is 7.95. The summed E-state index contributed by atoms with van der Waals surface area (Å²) in [7, 11) is 1.38. The number of carbonyl (C=O) groups excluding carboxylic acids is 4. The van der Waals surface area contributed by atoms with E-state index in [9.17, 15) is 23.6 Å². The molecule has 3 rings (SSSR count). The third-order valence-corrected chi connectivity index (χ3v) is 6.03. The highest BCUT2D eigenvalue weighted by Gasteiger charge is 2.53. The molecule has 2 heterocycles. The number of piperidine rings is 1. The quantitative estimate of drug-likeness (QED) is 0.522. The topological polar surface area (TPSA) is 84.0 Å². The number of ether oxygens (including phenoxy) is 1. The second kappa shape index (κ2) is 8.93. The first-order valence-electron chi connectivity index (χ1n) is 10.3. The Kier molecular flexibility index (Phi) is 6.53. The van der Waals surface area contributed by atoms with Gasteiger partial charge in [0.05, 0.1) is 18.4 Å². The molecule has 162 valence electrons. The number of rotatable bonds is 6. The number of esters is 1. The molecule has 1 aromatic carbocycles. The van der Waals surface area contributed by atoms with Crippen LogP contribution in [-0.2, 0) is 29.3 Å². The average Bonchev–Trinajstić information content (AvgIpc) is 2.93. The van der Waals surface area contributed by atoms with Crippen molar-refractivity contribution in [1.29, 1.82) is 0 Å². The standard InChI is InChI=1S/C22H27FN2O5/c1-3-30-20(28)12-17-9-4-5-10-25(17)19(27)14-22(13-18(26)24(2)21(22)29)15-7-6-8-16(23)11-15/h6-8,11,17H,3-5,9-10,12-14H2,1-2H3/t17-,22-/m1/s1. The first-order chi connectivity index (χ1) is 14.3. The third kappa shape index (κ3) is 4.22. The normalized spacial score (nSPS) is 24.3. The summed E-state index contributed by atoms with van der Waals surface area (Å²) in [5.74, 6) is -2.13. The van der Waals surface area contributed by atoms with Crippen molar-refractivity contribution in [2.45, 2.75) is 56.9 Å². The molecular formula is C22H27FN2O5. The van der Waals surface area contributed by atoms with Crippen LogP contribution in [0.4, 0.5) is 4.39 Å². The third-order valence-electron chi connectivity index (χ3n) is 6.03. The van der Waals surface area contributed by atoms with Gasteiger partial charge in [-0.2, -0.15) is 0 Å². The maximum atomic E-state index is 13.9. The highest BCUT2D eigenvalue weighted by Crippen LogP contribution is 2.40. The summed E-state index contributed by atoms with van der Waals surface area (Å²) < 4.78 is 19.0. The summed E-state index contributed by atoms with van der Waals surface area (Å²) in [6.07, 6.45) is 2.02. The molecule has 0 unspecified atom stereocenters. The number of imide groups is 1. The molecule has 2 fully saturated rings. The van der Waals surface area contributed by atoms with Gasteiger partial charge in [-0.15, -0.1) is 0 Å². The Morgan fingerprint density at radius 3 is 2.67 bits per heavy atom. The molecule has 8 heteroatoms. The van der Waals surface area contributed by atoms with Gasteiger partial charge in [0.2, 0.25) is 17.7 Å². The molecule has 0 saturated carbocycles. The van der Waals surface area contributed by atoms with Crippen LogP contribution in [0.5, 0.6) is 0 Å². The minimum Gasteiger partial charge on any atom is -0.466 e. The number of likely N-dealkylation sites (tertiary alicyclic amines) is 2. The van der Waals surface area contributed by atoms with E-state index in [0.29, 0.717) is 18.5 Å². The number of hydrogen-bond acceptors (Lipinski definition) is 5. The predicted octanol–water partition coefficient (Wildman–Crippen LogP) is 2.18. The van der Waals surface area contributed by atoms with Crippen LogP contribution in [0.25, 0.3) is 0 Å². The Morgan fingerprint density at radius 1 is 1.27 bits per heavy atom. The highest BCUT2D eigenvalue weighted by atomic mass is 19.1. The molecule has 0 aliphatic carbocycles. The lowest BCUT2D eigenvalue weighted by molar-refractivity contribution is -0.148. The lowest BCUT2D eigenvalue weighted by Crippen LogP contribution is -2.48. The molecule has 0 aromatic heterocycles. The lowest BCUT2D eigenvalue weighted by atomic mass is 9.75. The highest BCUT2D eigenvalue weighted by molar-refractivity contribution is 6.10. The van der Waals surface area contributed by atoms with Crippen molar-refractivity contribution in [1.82, 2.24) is 9.80 Å². The summed E-state index contributed by atoms with van der Waals surface area (Å²) in [6, 6.07) is 5.21. The van der Waals surface area contributed by atoms with Crippen LogP contribution in [0.15, 0.2) is 24.3 Å². The van der Waals surface area contributed by atoms with E-state index in [4.69, 9.17) is 4.74 Å². The summed E-state index contributed by atoms with van der Waals surface area (Å²) in [5.41, 5.74) is -1.12. The fourth-order valence-corrected chi connectivity index (χ4v) is 4.45. The SMILES string of the molecule is CCOC(=O)C[C@H]1CCCCN1C(=O)C[C@@]1(c2cccc(F)c2)CC(=O)N(C)C1=O. The van der Waals surface area contributed by atoms with Crippen molar-refractivity contribution < 1.29 is 28.3 Å². The van der Waals surface area contributed by atoms with Crippen LogP contribution < -0.4 is 0 Å². The first kappa shape index (κ1) is 21.9. The number of hydrogen-bond donors (Lipinski definition) is 0. The first-order valence-corrected chi connectivity index (χ1v) is 10.3. The minimum atomic E-state index is -1.43. The van der Waals surface area contributed by atoms with Crippen LogP contribution in [-0.4, -0.2) is 59.7 Å². The maximum absolute atomic E-state index is 13.9. The molecule has 1 aromatic rings. The Labute approximate surface area is 175 Å². The number of carbonyl (C=O) groups is 4. The summed E-state index contributed by atoms with van der Waals surface area (Å²) in [5, 5.41) is 0. The van der Waals surface area contributed by atoms with E-state index in [1.165, 1.54) is 25.2 Å². The van der Waals surface area contributed by atoms with Gasteiger partial charge in [0, 0.05) is 32.5 Å². The Bertz CT molecular complexity index is 858. The zero-order valence-electron chi connectivity index (χ0n) is 17.4. The fraction of sp³-hybridized carbons (Fsp3) is 0.545. The lowest BCUT2D eigenvalue weighted by Gasteiger charge is -2.37. The molecule has 0 N–H and O–H groups in total. The number of benzene rings is 1. The van der Waals surface area contributed by atoms with E-state index in [2.05, 4.69) is 0 Å². The Balaban J connectivity index is 1.89. The van der Waals surface area contributed by atoms with Gasteiger partial charge >= 0.3 is 5.97 Å². The molecule has 2 atom stereocenters. The van der Waals surface area contributed by atoms with Crippen molar-refractivity contribution in [2.75, 3.05) is 20.2 Å². The van der Waals surface area contributed by atoms with Gasteiger partial charge < -0.3 is 9.64 Å². The molecule has 30 heavy (non-hydrogen) atoms. The zero-order chi connectivity index (χ0) is 21.9. The molecule has 0 radical (unpaired) electrons. The van der Waals surface area contributed by atoms with Gasteiger partial charge in [0.1, 0.15) is 5.82 Å². The molecule has 3 amide bonds. The summed E-state index contributed by atoms with van der Waals surface area (Å²) in [4.78, 5) is 53.3. The van der Waals surface area contributed by atoms with E-state index < -0.39 is 23.0 Å². The number of amides is 3. The van der Waals surface area contributed by atoms with Crippen molar-refractivity contribution in [3.05, 3.63) is 35.6 Å². The monoisotopic (exact) mass is 418 g/mol. The maximum Gasteiger partial charge on any atom is 0.307 e. The molecule has 2 saturated heterocycles. The molecular weight excluding hydrogens is 391 g/mol. The molecule has 7 nitrogen and oxygen atoms in total. The van der Waals surface area contributed by atoms with Gasteiger partial charge in [0.25, 0.3) is 0 Å². The molecule has 0 bridgehead atoms. The van der Waals surface area contributed by atoms with Crippen molar-refractivity contribution in [2.24, 2.45) is 0 Å². The van der Waals surface area contributed by atoms with Crippen LogP contribution >= 0.6 is 0 Å². The van der Waals surface area contributed by atoms with Gasteiger partial charge in [-0.25, -0.2) is 4.39 Å². The van der Waals surface area contributed by atoms with Crippen molar-refractivity contribution in [3.63, 3.8) is 0 Å². The van der Waals surface area contributed by atoms with Gasteiger partial charge in [0.15, 0.2) is 0 Å². The smallest absolute Gasteiger partial charge is 0.307 e. The fourth-order valence-electron chi connectivity index (χ4n) is 4.45. The predicted molar refractivity (Wildman–Crippen MR) is 106 cm³/mol. The van der Waals surface area contributed by atoms with Crippen molar-refractivity contribution in [3.8, 4) is 0 Å². The van der Waals surface area contributed by atoms with Gasteiger partial charge in [-0.05, 0) is 43.9 Å². The Morgan fingerprint density at radius 2 is 2.03 bits per heavy atom. The van der Waals surface area contributed by atoms with Crippen LogP contribution in [0.2, 0.25) is 0 Å². The molecule has 0 spiro atoms. The average molecular weight is 418 g/mol. The summed E-state index contributed by atoms with van der Waals surface area (Å²) in [6.45, 7) is 2.47. The minimum absolute atomic E-state index is 0.0966. The van der Waals surface area contributed by atoms with E-state index in [1.54, 1.807) is 17.9 Å². The molecule has 2 aliphatic rings. The van der Waals surface area contributed by atoms with E-state index >= 15 is 0 Å². The van der Waals surface area contributed by atoms with Crippen LogP contribution in [0.1, 0.15) is 51.0 Å². The van der Waals surface area contributed by atoms with Gasteiger partial charge in [-0.1, -0.05) is 12.1 Å². The van der Waals surface area contributed by atoms with Crippen LogP contribution in [0.3, 0.4) is 0 Å². The van der Waals surface area contributed by atoms with E-state index in [-0.39, 0.29) is 43.8 Å². The Hall–Kier alpha value is -2.77. The van der Waals surface area contributed by atoms with E-state index in [0.717, 1.165) is 17.7 Å². The summed E-state index contributed by atoms with van der Waals surface area (Å²) >= 11 is 0. The number of likely N-dealkylation sites (N-methyl/N-ethyl adjacent to an activating group) is 1. The van der Waals surface area contributed by atoms with E-state index in [1.807, 2.05) is 0 Å². The number of halogens is 1. The van der Waals surface area contributed by atoms with Crippen LogP contribution in [0, 0.1) is 5.82 Å². The van der Waals surface area contributed by atoms with Gasteiger partial charge in [-0.3, -0.25) is 24.1 Å². The number of nitrogens with zero attached hydrogens (tertiary/aromatic N) is 2. The van der Waals surface area contributed by atoms with Crippen molar-refractivity contribution >= 4 is 23.7 Å². The zero-order valence-corrected chi connectivity index (χ0v) is 17.4. The second-order valence-electron chi connectivity index (χ2n) is 7.95. The largest absolute Gasteiger partial charge is 0.466 e.